The largest absolute Gasteiger partial charge is 0.393 e. The second-order valence-corrected chi connectivity index (χ2v) is 13.3. The van der Waals surface area contributed by atoms with Gasteiger partial charge in [0.2, 0.25) is 0 Å². The van der Waals surface area contributed by atoms with Crippen LogP contribution in [0.15, 0.2) is 34.9 Å². The fraction of sp³-hybridized carbons (Fsp3) is 0.800. The zero-order chi connectivity index (χ0) is 22.8. The molecule has 0 aromatic heterocycles. The van der Waals surface area contributed by atoms with E-state index < -0.39 is 0 Å². The molecular weight excluding hydrogens is 376 g/mol. The molecule has 0 radical (unpaired) electrons. The van der Waals surface area contributed by atoms with Crippen molar-refractivity contribution >= 4 is 0 Å². The predicted octanol–water partition coefficient (Wildman–Crippen LogP) is 8.26. The molecule has 4 aliphatic rings. The van der Waals surface area contributed by atoms with Crippen LogP contribution in [0.5, 0.6) is 0 Å². The normalized spacial score (nSPS) is 44.4. The van der Waals surface area contributed by atoms with Crippen molar-refractivity contribution in [2.45, 2.75) is 113 Å². The predicted molar refractivity (Wildman–Crippen MR) is 133 cm³/mol. The summed E-state index contributed by atoms with van der Waals surface area (Å²) < 4.78 is 0. The molecule has 7 atom stereocenters. The van der Waals surface area contributed by atoms with Gasteiger partial charge in [0, 0.05) is 0 Å². The summed E-state index contributed by atoms with van der Waals surface area (Å²) in [4.78, 5) is 0. The molecular formula is C30H48O. The van der Waals surface area contributed by atoms with E-state index in [1.807, 2.05) is 0 Å². The lowest BCUT2D eigenvalue weighted by Crippen LogP contribution is -2.54. The van der Waals surface area contributed by atoms with E-state index in [9.17, 15) is 5.11 Å². The lowest BCUT2D eigenvalue weighted by Gasteiger charge is -2.61. The number of hydrogen-bond donors (Lipinski definition) is 1. The zero-order valence-electron chi connectivity index (χ0n) is 21.6. The Labute approximate surface area is 192 Å². The Balaban J connectivity index is 1.66. The summed E-state index contributed by atoms with van der Waals surface area (Å²) in [6.07, 6.45) is 17.3. The van der Waals surface area contributed by atoms with Crippen molar-refractivity contribution in [2.75, 3.05) is 0 Å². The number of fused-ring (bicyclic) bond motifs is 5. The molecule has 2 fully saturated rings. The van der Waals surface area contributed by atoms with Gasteiger partial charge in [-0.05, 0) is 116 Å². The van der Waals surface area contributed by atoms with E-state index in [0.29, 0.717) is 16.7 Å². The van der Waals surface area contributed by atoms with Crippen molar-refractivity contribution in [1.29, 1.82) is 0 Å². The molecule has 1 N–H and O–H groups in total. The highest BCUT2D eigenvalue weighted by Gasteiger charge is 2.62. The van der Waals surface area contributed by atoms with Crippen molar-refractivity contribution in [3.05, 3.63) is 34.9 Å². The smallest absolute Gasteiger partial charge is 0.0594 e. The Morgan fingerprint density at radius 3 is 2.45 bits per heavy atom. The number of aliphatic hydroxyl groups excluding tert-OH is 1. The van der Waals surface area contributed by atoms with Gasteiger partial charge in [-0.1, -0.05) is 65.3 Å². The van der Waals surface area contributed by atoms with Gasteiger partial charge in [0.15, 0.2) is 0 Å². The topological polar surface area (TPSA) is 20.2 Å². The van der Waals surface area contributed by atoms with E-state index in [1.54, 1.807) is 11.1 Å². The van der Waals surface area contributed by atoms with Crippen LogP contribution in [0.2, 0.25) is 0 Å². The number of aliphatic hydroxyl groups is 1. The van der Waals surface area contributed by atoms with Gasteiger partial charge in [0.05, 0.1) is 6.10 Å². The molecule has 0 spiro atoms. The molecule has 0 saturated heterocycles. The maximum atomic E-state index is 10.8. The Morgan fingerprint density at radius 2 is 1.77 bits per heavy atom. The van der Waals surface area contributed by atoms with Crippen LogP contribution in [-0.2, 0) is 0 Å². The van der Waals surface area contributed by atoms with Crippen LogP contribution in [0.4, 0.5) is 0 Å². The van der Waals surface area contributed by atoms with E-state index in [0.717, 1.165) is 31.1 Å². The summed E-state index contributed by atoms with van der Waals surface area (Å²) in [7, 11) is 0. The number of allylic oxidation sites excluding steroid dienone is 6. The third kappa shape index (κ3) is 3.27. The molecule has 0 aromatic carbocycles. The minimum Gasteiger partial charge on any atom is -0.393 e. The van der Waals surface area contributed by atoms with E-state index in [2.05, 4.69) is 73.6 Å². The van der Waals surface area contributed by atoms with Gasteiger partial charge in [0.25, 0.3) is 0 Å². The summed E-state index contributed by atoms with van der Waals surface area (Å²) in [6.45, 7) is 19.4. The third-order valence-corrected chi connectivity index (χ3v) is 11.1. The van der Waals surface area contributed by atoms with Crippen molar-refractivity contribution < 1.29 is 5.11 Å². The first kappa shape index (κ1) is 23.3. The minimum atomic E-state index is -0.164. The third-order valence-electron chi connectivity index (χ3n) is 11.1. The Morgan fingerprint density at radius 1 is 1.06 bits per heavy atom. The lowest BCUT2D eigenvalue weighted by atomic mass is 9.44. The molecule has 1 heteroatoms. The molecule has 0 heterocycles. The molecule has 1 nitrogen and oxygen atoms in total. The maximum Gasteiger partial charge on any atom is 0.0594 e. The highest BCUT2D eigenvalue weighted by atomic mass is 16.3. The number of hydrogen-bond acceptors (Lipinski definition) is 1. The molecule has 4 aliphatic carbocycles. The fourth-order valence-corrected chi connectivity index (χ4v) is 8.78. The van der Waals surface area contributed by atoms with Gasteiger partial charge in [-0.25, -0.2) is 0 Å². The zero-order valence-corrected chi connectivity index (χ0v) is 21.6. The average molecular weight is 425 g/mol. The van der Waals surface area contributed by atoms with Gasteiger partial charge in [-0.3, -0.25) is 0 Å². The first-order chi connectivity index (χ1) is 14.4. The highest BCUT2D eigenvalue weighted by molar-refractivity contribution is 5.49. The minimum absolute atomic E-state index is 0.00478. The number of rotatable bonds is 4. The summed E-state index contributed by atoms with van der Waals surface area (Å²) >= 11 is 0. The van der Waals surface area contributed by atoms with E-state index in [-0.39, 0.29) is 16.9 Å². The van der Waals surface area contributed by atoms with Crippen LogP contribution in [0.3, 0.4) is 0 Å². The Bertz CT molecular complexity index is 808. The van der Waals surface area contributed by atoms with Crippen molar-refractivity contribution in [3.63, 3.8) is 0 Å². The molecule has 31 heavy (non-hydrogen) atoms. The summed E-state index contributed by atoms with van der Waals surface area (Å²) in [5, 5.41) is 10.8. The van der Waals surface area contributed by atoms with Crippen molar-refractivity contribution in [2.24, 2.45) is 39.4 Å². The van der Waals surface area contributed by atoms with Crippen molar-refractivity contribution in [3.8, 4) is 0 Å². The Kier molecular flexibility index (Phi) is 5.73. The molecule has 0 amide bonds. The van der Waals surface area contributed by atoms with Gasteiger partial charge >= 0.3 is 0 Å². The average Bonchev–Trinajstić information content (AvgIpc) is 2.96. The van der Waals surface area contributed by atoms with Crippen LogP contribution in [0.1, 0.15) is 107 Å². The molecule has 0 unspecified atom stereocenters. The van der Waals surface area contributed by atoms with Gasteiger partial charge in [-0.15, -0.1) is 0 Å². The first-order valence-corrected chi connectivity index (χ1v) is 13.1. The molecule has 2 saturated carbocycles. The van der Waals surface area contributed by atoms with Crippen LogP contribution < -0.4 is 0 Å². The lowest BCUT2D eigenvalue weighted by molar-refractivity contribution is -0.0851. The molecule has 4 rings (SSSR count). The molecule has 174 valence electrons. The molecule has 0 aliphatic heterocycles. The van der Waals surface area contributed by atoms with Gasteiger partial charge in [-0.2, -0.15) is 0 Å². The fourth-order valence-electron chi connectivity index (χ4n) is 8.78. The maximum absolute atomic E-state index is 10.8. The molecule has 0 aromatic rings. The van der Waals surface area contributed by atoms with Crippen LogP contribution in [-0.4, -0.2) is 11.2 Å². The summed E-state index contributed by atoms with van der Waals surface area (Å²) in [6, 6.07) is 0. The van der Waals surface area contributed by atoms with Crippen LogP contribution in [0.25, 0.3) is 0 Å². The van der Waals surface area contributed by atoms with E-state index in [4.69, 9.17) is 0 Å². The van der Waals surface area contributed by atoms with Crippen LogP contribution in [0, 0.1) is 39.4 Å². The monoisotopic (exact) mass is 424 g/mol. The SMILES string of the molecule is CC(C)=CCC[C@H](C)[C@@H]1CC[C@]2(C)C3=CC[C@H]4C(C)(C)[C@@H](O)CC[C@]4(C)C3=CC[C@@]12C. The summed E-state index contributed by atoms with van der Waals surface area (Å²) in [5.41, 5.74) is 5.73. The standard InChI is InChI=1S/C30H48O/c1-20(2)10-9-11-21(3)22-14-18-30(8)24-12-13-25-27(4,5)26(31)16-17-28(25,6)23(24)15-19-29(22,30)7/h10,12,15,21-22,25-26,31H,9,11,13-14,16-19H2,1-8H3/t21-,22-,25-,26-,28+,29-,30+/m0/s1. The van der Waals surface area contributed by atoms with Gasteiger partial charge < -0.3 is 5.11 Å². The van der Waals surface area contributed by atoms with Crippen molar-refractivity contribution in [1.82, 2.24) is 0 Å². The quantitative estimate of drug-likeness (QED) is 0.450. The second-order valence-electron chi connectivity index (χ2n) is 13.3. The highest BCUT2D eigenvalue weighted by Crippen LogP contribution is 2.71. The summed E-state index contributed by atoms with van der Waals surface area (Å²) in [5.74, 6) is 2.15. The Hall–Kier alpha value is -0.820. The second kappa shape index (κ2) is 7.61. The van der Waals surface area contributed by atoms with E-state index in [1.165, 1.54) is 37.7 Å². The molecule has 0 bridgehead atoms. The van der Waals surface area contributed by atoms with Crippen LogP contribution >= 0.6 is 0 Å². The first-order valence-electron chi connectivity index (χ1n) is 13.1. The van der Waals surface area contributed by atoms with Gasteiger partial charge in [0.1, 0.15) is 0 Å². The van der Waals surface area contributed by atoms with E-state index >= 15 is 0 Å².